The molecule has 1 amide bonds. The van der Waals surface area contributed by atoms with Gasteiger partial charge in [-0.1, -0.05) is 22.9 Å². The zero-order chi connectivity index (χ0) is 18.5. The van der Waals surface area contributed by atoms with Gasteiger partial charge in [-0.15, -0.1) is 0 Å². The van der Waals surface area contributed by atoms with E-state index in [1.807, 2.05) is 29.7 Å². The Balaban J connectivity index is 2.07. The van der Waals surface area contributed by atoms with Crippen molar-refractivity contribution in [1.29, 1.82) is 0 Å². The van der Waals surface area contributed by atoms with E-state index in [0.29, 0.717) is 35.1 Å². The van der Waals surface area contributed by atoms with Gasteiger partial charge in [0.15, 0.2) is 4.80 Å². The summed E-state index contributed by atoms with van der Waals surface area (Å²) in [4.78, 5) is 17.5. The van der Waals surface area contributed by atoms with Gasteiger partial charge in [-0.2, -0.15) is 4.99 Å². The number of hydrogen-bond donors (Lipinski definition) is 0. The summed E-state index contributed by atoms with van der Waals surface area (Å²) < 4.78 is 13.8. The summed E-state index contributed by atoms with van der Waals surface area (Å²) in [5.74, 6) is 0.500. The van der Waals surface area contributed by atoms with Crippen molar-refractivity contribution in [3.05, 3.63) is 57.9 Å². The molecule has 1 heterocycles. The Kier molecular flexibility index (Phi) is 6.08. The van der Waals surface area contributed by atoms with Gasteiger partial charge in [0.25, 0.3) is 5.91 Å². The van der Waals surface area contributed by atoms with E-state index in [-0.39, 0.29) is 5.91 Å². The number of fused-ring (bicyclic) bond motifs is 1. The van der Waals surface area contributed by atoms with Crippen molar-refractivity contribution in [2.24, 2.45) is 4.99 Å². The highest BCUT2D eigenvalue weighted by atomic mass is 35.5. The summed E-state index contributed by atoms with van der Waals surface area (Å²) in [5.41, 5.74) is 1.50. The highest BCUT2D eigenvalue weighted by Gasteiger charge is 2.10. The second-order valence-electron chi connectivity index (χ2n) is 5.52. The molecule has 0 radical (unpaired) electrons. The summed E-state index contributed by atoms with van der Waals surface area (Å²) in [6.45, 7) is 3.69. The first-order chi connectivity index (χ1) is 12.6. The number of methoxy groups -OCH3 is 1. The number of carbonyl (C=O) groups excluding carboxylic acids is 1. The van der Waals surface area contributed by atoms with Crippen LogP contribution in [0.25, 0.3) is 10.2 Å². The zero-order valence-corrected chi connectivity index (χ0v) is 16.1. The zero-order valence-electron chi connectivity index (χ0n) is 14.6. The fraction of sp³-hybridized carbons (Fsp3) is 0.263. The average molecular weight is 391 g/mol. The SMILES string of the molecule is CCOc1ccc2c(c1)sc(=NC(=O)c1ccc(Cl)cc1)n2CCOC. The lowest BCUT2D eigenvalue weighted by atomic mass is 10.2. The Labute approximate surface area is 160 Å². The van der Waals surface area contributed by atoms with Crippen molar-refractivity contribution in [2.75, 3.05) is 20.3 Å². The van der Waals surface area contributed by atoms with Crippen LogP contribution in [0.4, 0.5) is 0 Å². The van der Waals surface area contributed by atoms with E-state index in [1.165, 1.54) is 11.3 Å². The molecular weight excluding hydrogens is 372 g/mol. The molecule has 136 valence electrons. The number of ether oxygens (including phenoxy) is 2. The molecule has 0 atom stereocenters. The molecule has 0 spiro atoms. The summed E-state index contributed by atoms with van der Waals surface area (Å²) in [6.07, 6.45) is 0. The predicted octanol–water partition coefficient (Wildman–Crippen LogP) is 4.14. The smallest absolute Gasteiger partial charge is 0.279 e. The van der Waals surface area contributed by atoms with E-state index in [9.17, 15) is 4.79 Å². The van der Waals surface area contributed by atoms with Gasteiger partial charge in [-0.25, -0.2) is 0 Å². The molecule has 3 aromatic rings. The minimum absolute atomic E-state index is 0.301. The summed E-state index contributed by atoms with van der Waals surface area (Å²) in [5, 5.41) is 0.585. The molecule has 0 aliphatic heterocycles. The molecule has 5 nitrogen and oxygen atoms in total. The Morgan fingerprint density at radius 2 is 2.00 bits per heavy atom. The number of aromatic nitrogens is 1. The lowest BCUT2D eigenvalue weighted by molar-refractivity contribution is 0.0997. The van der Waals surface area contributed by atoms with Crippen molar-refractivity contribution < 1.29 is 14.3 Å². The van der Waals surface area contributed by atoms with Crippen LogP contribution < -0.4 is 9.54 Å². The molecule has 0 saturated heterocycles. The van der Waals surface area contributed by atoms with Gasteiger partial charge in [0.2, 0.25) is 0 Å². The van der Waals surface area contributed by atoms with Gasteiger partial charge in [0, 0.05) is 24.2 Å². The Bertz CT molecular complexity index is 977. The molecule has 0 aliphatic rings. The second-order valence-corrected chi connectivity index (χ2v) is 6.96. The van der Waals surface area contributed by atoms with Crippen LogP contribution in [0.3, 0.4) is 0 Å². The molecule has 1 aromatic heterocycles. The van der Waals surface area contributed by atoms with E-state index in [4.69, 9.17) is 21.1 Å². The molecule has 0 N–H and O–H groups in total. The third kappa shape index (κ3) is 4.15. The Morgan fingerprint density at radius 1 is 1.23 bits per heavy atom. The topological polar surface area (TPSA) is 52.8 Å². The molecule has 2 aromatic carbocycles. The van der Waals surface area contributed by atoms with Gasteiger partial charge in [-0.05, 0) is 49.4 Å². The molecular formula is C19H19ClN2O3S. The van der Waals surface area contributed by atoms with Crippen LogP contribution >= 0.6 is 22.9 Å². The van der Waals surface area contributed by atoms with Crippen molar-refractivity contribution in [3.8, 4) is 5.75 Å². The fourth-order valence-corrected chi connectivity index (χ4v) is 3.75. The molecule has 26 heavy (non-hydrogen) atoms. The van der Waals surface area contributed by atoms with Gasteiger partial charge >= 0.3 is 0 Å². The second kappa shape index (κ2) is 8.49. The van der Waals surface area contributed by atoms with Crippen LogP contribution in [0.2, 0.25) is 5.02 Å². The highest BCUT2D eigenvalue weighted by Crippen LogP contribution is 2.23. The van der Waals surface area contributed by atoms with Gasteiger partial charge < -0.3 is 14.0 Å². The van der Waals surface area contributed by atoms with Crippen molar-refractivity contribution in [2.45, 2.75) is 13.5 Å². The number of nitrogens with zero attached hydrogens (tertiary/aromatic N) is 2. The number of benzene rings is 2. The molecule has 0 fully saturated rings. The van der Waals surface area contributed by atoms with E-state index >= 15 is 0 Å². The lowest BCUT2D eigenvalue weighted by Gasteiger charge is -2.05. The van der Waals surface area contributed by atoms with Gasteiger partial charge in [0.1, 0.15) is 5.75 Å². The van der Waals surface area contributed by atoms with E-state index in [1.54, 1.807) is 31.4 Å². The maximum absolute atomic E-state index is 12.5. The van der Waals surface area contributed by atoms with E-state index < -0.39 is 0 Å². The Morgan fingerprint density at radius 3 is 2.69 bits per heavy atom. The molecule has 7 heteroatoms. The molecule has 0 bridgehead atoms. The first-order valence-corrected chi connectivity index (χ1v) is 9.41. The largest absolute Gasteiger partial charge is 0.494 e. The minimum Gasteiger partial charge on any atom is -0.494 e. The average Bonchev–Trinajstić information content (AvgIpc) is 2.97. The van der Waals surface area contributed by atoms with Crippen molar-refractivity contribution in [1.82, 2.24) is 4.57 Å². The van der Waals surface area contributed by atoms with E-state index in [0.717, 1.165) is 16.0 Å². The normalized spacial score (nSPS) is 11.9. The van der Waals surface area contributed by atoms with Crippen LogP contribution in [0, 0.1) is 0 Å². The standard InChI is InChI=1S/C19H19ClN2O3S/c1-3-25-15-8-9-16-17(12-15)26-19(22(16)10-11-24-2)21-18(23)13-4-6-14(20)7-5-13/h4-9,12H,3,10-11H2,1-2H3. The van der Waals surface area contributed by atoms with Crippen LogP contribution in [0.1, 0.15) is 17.3 Å². The first-order valence-electron chi connectivity index (χ1n) is 8.22. The monoisotopic (exact) mass is 390 g/mol. The summed E-state index contributed by atoms with van der Waals surface area (Å²) in [7, 11) is 1.65. The van der Waals surface area contributed by atoms with Crippen LogP contribution in [-0.2, 0) is 11.3 Å². The lowest BCUT2D eigenvalue weighted by Crippen LogP contribution is -2.19. The third-order valence-electron chi connectivity index (χ3n) is 3.77. The molecule has 0 saturated carbocycles. The number of rotatable bonds is 6. The third-order valence-corrected chi connectivity index (χ3v) is 5.07. The number of thiazole rings is 1. The molecule has 3 rings (SSSR count). The first kappa shape index (κ1) is 18.6. The number of carbonyl (C=O) groups is 1. The van der Waals surface area contributed by atoms with Crippen molar-refractivity contribution in [3.63, 3.8) is 0 Å². The minimum atomic E-state index is -0.301. The number of amides is 1. The maximum atomic E-state index is 12.5. The predicted molar refractivity (Wildman–Crippen MR) is 104 cm³/mol. The van der Waals surface area contributed by atoms with E-state index in [2.05, 4.69) is 4.99 Å². The van der Waals surface area contributed by atoms with Crippen LogP contribution in [0.15, 0.2) is 47.5 Å². The Hall–Kier alpha value is -2.15. The van der Waals surface area contributed by atoms with Crippen LogP contribution in [-0.4, -0.2) is 30.8 Å². The maximum Gasteiger partial charge on any atom is 0.279 e. The fourth-order valence-electron chi connectivity index (χ4n) is 2.54. The highest BCUT2D eigenvalue weighted by molar-refractivity contribution is 7.16. The number of hydrogen-bond acceptors (Lipinski definition) is 4. The van der Waals surface area contributed by atoms with Gasteiger partial charge in [0.05, 0.1) is 23.4 Å². The molecule has 0 unspecified atom stereocenters. The summed E-state index contributed by atoms with van der Waals surface area (Å²) in [6, 6.07) is 12.6. The van der Waals surface area contributed by atoms with Crippen LogP contribution in [0.5, 0.6) is 5.75 Å². The van der Waals surface area contributed by atoms with Crippen molar-refractivity contribution >= 4 is 39.1 Å². The van der Waals surface area contributed by atoms with Gasteiger partial charge in [-0.3, -0.25) is 4.79 Å². The number of halogens is 1. The quantitative estimate of drug-likeness (QED) is 0.635. The summed E-state index contributed by atoms with van der Waals surface area (Å²) >= 11 is 7.34. The molecule has 0 aliphatic carbocycles.